The van der Waals surface area contributed by atoms with E-state index in [0.717, 1.165) is 12.8 Å². The van der Waals surface area contributed by atoms with Crippen molar-refractivity contribution >= 4 is 17.7 Å². The molecule has 0 unspecified atom stereocenters. The van der Waals surface area contributed by atoms with Crippen LogP contribution in [0.3, 0.4) is 0 Å². The first kappa shape index (κ1) is 16.8. The first-order valence-corrected chi connectivity index (χ1v) is 6.87. The summed E-state index contributed by atoms with van der Waals surface area (Å²) in [5.74, 6) is -0.748. The molecule has 2 amide bonds. The van der Waals surface area contributed by atoms with E-state index in [4.69, 9.17) is 9.84 Å². The van der Waals surface area contributed by atoms with E-state index in [1.54, 1.807) is 24.3 Å². The molecule has 0 aliphatic heterocycles. The van der Waals surface area contributed by atoms with Gasteiger partial charge in [-0.2, -0.15) is 0 Å². The van der Waals surface area contributed by atoms with E-state index in [1.807, 2.05) is 13.8 Å². The summed E-state index contributed by atoms with van der Waals surface area (Å²) in [5.41, 5.74) is 0.124. The Morgan fingerprint density at radius 1 is 1.29 bits per heavy atom. The molecule has 6 nitrogen and oxygen atoms in total. The molecule has 116 valence electrons. The normalized spacial score (nSPS) is 10.8. The summed E-state index contributed by atoms with van der Waals surface area (Å²) in [7, 11) is 0. The Morgan fingerprint density at radius 3 is 2.57 bits per heavy atom. The highest BCUT2D eigenvalue weighted by atomic mass is 16.5. The van der Waals surface area contributed by atoms with E-state index in [9.17, 15) is 9.59 Å². The van der Waals surface area contributed by atoms with Crippen LogP contribution in [0, 0.1) is 0 Å². The number of ether oxygens (including phenoxy) is 1. The van der Waals surface area contributed by atoms with Gasteiger partial charge in [-0.3, -0.25) is 0 Å². The van der Waals surface area contributed by atoms with E-state index in [-0.39, 0.29) is 11.6 Å². The lowest BCUT2D eigenvalue weighted by Gasteiger charge is -2.26. The molecular formula is C15H22N2O4. The van der Waals surface area contributed by atoms with Crippen molar-refractivity contribution in [3.63, 3.8) is 0 Å². The van der Waals surface area contributed by atoms with Gasteiger partial charge in [0, 0.05) is 5.54 Å². The third-order valence-corrected chi connectivity index (χ3v) is 2.81. The standard InChI is InChI=1S/C15H22N2O4/c1-4-9-15(2,3)17-14(20)16-11-7-5-6-8-12(11)21-10-13(18)19/h5-8H,4,9-10H2,1-3H3,(H,18,19)(H2,16,17,20). The van der Waals surface area contributed by atoms with Gasteiger partial charge in [-0.05, 0) is 32.4 Å². The number of amides is 2. The highest BCUT2D eigenvalue weighted by Gasteiger charge is 2.19. The fourth-order valence-corrected chi connectivity index (χ4v) is 1.98. The highest BCUT2D eigenvalue weighted by Crippen LogP contribution is 2.23. The summed E-state index contributed by atoms with van der Waals surface area (Å²) < 4.78 is 5.14. The third kappa shape index (κ3) is 6.16. The number of benzene rings is 1. The predicted molar refractivity (Wildman–Crippen MR) is 80.7 cm³/mol. The van der Waals surface area contributed by atoms with Gasteiger partial charge in [0.05, 0.1) is 5.69 Å². The van der Waals surface area contributed by atoms with Gasteiger partial charge in [0.15, 0.2) is 6.61 Å². The van der Waals surface area contributed by atoms with E-state index >= 15 is 0 Å². The van der Waals surface area contributed by atoms with Crippen molar-refractivity contribution in [1.82, 2.24) is 5.32 Å². The number of aliphatic carboxylic acids is 1. The smallest absolute Gasteiger partial charge is 0.341 e. The lowest BCUT2D eigenvalue weighted by molar-refractivity contribution is -0.139. The minimum Gasteiger partial charge on any atom is -0.480 e. The van der Waals surface area contributed by atoms with Crippen LogP contribution in [0.25, 0.3) is 0 Å². The number of hydrogen-bond acceptors (Lipinski definition) is 3. The van der Waals surface area contributed by atoms with Gasteiger partial charge in [0.25, 0.3) is 0 Å². The van der Waals surface area contributed by atoms with Gasteiger partial charge in [-0.1, -0.05) is 25.5 Å². The molecule has 0 fully saturated rings. The van der Waals surface area contributed by atoms with Crippen LogP contribution < -0.4 is 15.4 Å². The second kappa shape index (κ2) is 7.52. The molecule has 0 saturated heterocycles. The van der Waals surface area contributed by atoms with Crippen LogP contribution in [-0.2, 0) is 4.79 Å². The lowest BCUT2D eigenvalue weighted by Crippen LogP contribution is -2.45. The van der Waals surface area contributed by atoms with Crippen molar-refractivity contribution in [1.29, 1.82) is 0 Å². The van der Waals surface area contributed by atoms with Crippen molar-refractivity contribution < 1.29 is 19.4 Å². The quantitative estimate of drug-likeness (QED) is 0.721. The SMILES string of the molecule is CCCC(C)(C)NC(=O)Nc1ccccc1OCC(=O)O. The van der Waals surface area contributed by atoms with Crippen molar-refractivity contribution in [3.8, 4) is 5.75 Å². The molecular weight excluding hydrogens is 272 g/mol. The molecule has 0 aliphatic rings. The third-order valence-electron chi connectivity index (χ3n) is 2.81. The number of para-hydroxylation sites is 2. The Kier molecular flexibility index (Phi) is 6.02. The minimum atomic E-state index is -1.07. The van der Waals surface area contributed by atoms with Crippen molar-refractivity contribution in [2.24, 2.45) is 0 Å². The Bertz CT molecular complexity index is 500. The number of urea groups is 1. The van der Waals surface area contributed by atoms with Crippen LogP contribution in [0.2, 0.25) is 0 Å². The van der Waals surface area contributed by atoms with Crippen LogP contribution in [0.4, 0.5) is 10.5 Å². The zero-order chi connectivity index (χ0) is 15.9. The Balaban J connectivity index is 2.69. The zero-order valence-corrected chi connectivity index (χ0v) is 12.6. The number of carbonyl (C=O) groups excluding carboxylic acids is 1. The lowest BCUT2D eigenvalue weighted by atomic mass is 9.99. The van der Waals surface area contributed by atoms with E-state index in [0.29, 0.717) is 11.4 Å². The van der Waals surface area contributed by atoms with Gasteiger partial charge in [-0.25, -0.2) is 9.59 Å². The van der Waals surface area contributed by atoms with Gasteiger partial charge >= 0.3 is 12.0 Å². The average Bonchev–Trinajstić information content (AvgIpc) is 2.36. The van der Waals surface area contributed by atoms with Crippen LogP contribution in [0.5, 0.6) is 5.75 Å². The maximum absolute atomic E-state index is 12.0. The Morgan fingerprint density at radius 2 is 1.95 bits per heavy atom. The number of nitrogens with one attached hydrogen (secondary N) is 2. The molecule has 1 aromatic carbocycles. The second-order valence-electron chi connectivity index (χ2n) is 5.39. The predicted octanol–water partition coefficient (Wildman–Crippen LogP) is 2.85. The molecule has 0 bridgehead atoms. The molecule has 0 spiro atoms. The average molecular weight is 294 g/mol. The molecule has 1 rings (SSSR count). The number of carbonyl (C=O) groups is 2. The largest absolute Gasteiger partial charge is 0.480 e. The van der Waals surface area contributed by atoms with Crippen LogP contribution in [-0.4, -0.2) is 29.3 Å². The van der Waals surface area contributed by atoms with Crippen LogP contribution >= 0.6 is 0 Å². The fraction of sp³-hybridized carbons (Fsp3) is 0.467. The summed E-state index contributed by atoms with van der Waals surface area (Å²) in [5, 5.41) is 14.2. The van der Waals surface area contributed by atoms with Crippen molar-refractivity contribution in [2.75, 3.05) is 11.9 Å². The maximum Gasteiger partial charge on any atom is 0.341 e. The summed E-state index contributed by atoms with van der Waals surface area (Å²) in [6.07, 6.45) is 1.82. The molecule has 0 radical (unpaired) electrons. The number of carboxylic acids is 1. The monoisotopic (exact) mass is 294 g/mol. The first-order valence-electron chi connectivity index (χ1n) is 6.87. The Labute approximate surface area is 124 Å². The first-order chi connectivity index (χ1) is 9.84. The van der Waals surface area contributed by atoms with Crippen molar-refractivity contribution in [3.05, 3.63) is 24.3 Å². The molecule has 1 aromatic rings. The minimum absolute atomic E-state index is 0.310. The fourth-order valence-electron chi connectivity index (χ4n) is 1.98. The zero-order valence-electron chi connectivity index (χ0n) is 12.6. The van der Waals surface area contributed by atoms with Gasteiger partial charge in [-0.15, -0.1) is 0 Å². The molecule has 0 heterocycles. The van der Waals surface area contributed by atoms with Gasteiger partial charge < -0.3 is 20.5 Å². The highest BCUT2D eigenvalue weighted by molar-refractivity contribution is 5.91. The van der Waals surface area contributed by atoms with Gasteiger partial charge in [0.2, 0.25) is 0 Å². The molecule has 0 aliphatic carbocycles. The summed E-state index contributed by atoms with van der Waals surface area (Å²) in [6.45, 7) is 5.49. The molecule has 0 atom stereocenters. The summed E-state index contributed by atoms with van der Waals surface area (Å²) in [4.78, 5) is 22.5. The second-order valence-corrected chi connectivity index (χ2v) is 5.39. The van der Waals surface area contributed by atoms with Crippen LogP contribution in [0.1, 0.15) is 33.6 Å². The number of hydrogen-bond donors (Lipinski definition) is 3. The summed E-state index contributed by atoms with van der Waals surface area (Å²) >= 11 is 0. The molecule has 21 heavy (non-hydrogen) atoms. The molecule has 6 heteroatoms. The number of rotatable bonds is 7. The Hall–Kier alpha value is -2.24. The maximum atomic E-state index is 12.0. The van der Waals surface area contributed by atoms with E-state index in [2.05, 4.69) is 17.6 Å². The van der Waals surface area contributed by atoms with E-state index < -0.39 is 12.6 Å². The van der Waals surface area contributed by atoms with E-state index in [1.165, 1.54) is 0 Å². The van der Waals surface area contributed by atoms with Crippen LogP contribution in [0.15, 0.2) is 24.3 Å². The van der Waals surface area contributed by atoms with Crippen molar-refractivity contribution in [2.45, 2.75) is 39.2 Å². The molecule has 0 aromatic heterocycles. The number of anilines is 1. The number of carboxylic acid groups (broad SMARTS) is 1. The van der Waals surface area contributed by atoms with Gasteiger partial charge in [0.1, 0.15) is 5.75 Å². The topological polar surface area (TPSA) is 87.7 Å². The summed E-state index contributed by atoms with van der Waals surface area (Å²) in [6, 6.07) is 6.36. The molecule has 0 saturated carbocycles. The molecule has 3 N–H and O–H groups in total.